The Morgan fingerprint density at radius 1 is 1.50 bits per heavy atom. The van der Waals surface area contributed by atoms with Crippen LogP contribution in [0, 0.1) is 0 Å². The topological polar surface area (TPSA) is 71.5 Å². The van der Waals surface area contributed by atoms with Crippen molar-refractivity contribution in [1.29, 1.82) is 0 Å². The molecule has 3 heterocycles. The van der Waals surface area contributed by atoms with Gasteiger partial charge in [-0.1, -0.05) is 0 Å². The largest absolute Gasteiger partial charge is 0.473 e. The number of carbonyl (C=O) groups is 2. The second kappa shape index (κ2) is 8.37. The highest BCUT2D eigenvalue weighted by atomic mass is 32.2. The van der Waals surface area contributed by atoms with Crippen molar-refractivity contribution in [3.63, 3.8) is 0 Å². The summed E-state index contributed by atoms with van der Waals surface area (Å²) in [6.45, 7) is 2.11. The van der Waals surface area contributed by atoms with E-state index in [2.05, 4.69) is 10.3 Å². The fraction of sp³-hybridized carbons (Fsp3) is 0.588. The number of nitrogens with zero attached hydrogens (tertiary/aromatic N) is 2. The van der Waals surface area contributed by atoms with Gasteiger partial charge in [0.2, 0.25) is 11.8 Å². The molecule has 1 unspecified atom stereocenters. The van der Waals surface area contributed by atoms with Crippen LogP contribution >= 0.6 is 11.8 Å². The zero-order chi connectivity index (χ0) is 16.8. The highest BCUT2D eigenvalue weighted by Crippen LogP contribution is 2.22. The van der Waals surface area contributed by atoms with Gasteiger partial charge in [0.05, 0.1) is 0 Å². The van der Waals surface area contributed by atoms with E-state index in [1.54, 1.807) is 18.3 Å². The van der Waals surface area contributed by atoms with Gasteiger partial charge in [-0.3, -0.25) is 9.59 Å². The Bertz CT molecular complexity index is 590. The van der Waals surface area contributed by atoms with E-state index < -0.39 is 0 Å². The molecule has 1 atom stereocenters. The maximum Gasteiger partial charge on any atom is 0.251 e. The van der Waals surface area contributed by atoms with E-state index in [0.717, 1.165) is 37.3 Å². The van der Waals surface area contributed by atoms with Crippen LogP contribution in [-0.4, -0.2) is 58.9 Å². The van der Waals surface area contributed by atoms with Gasteiger partial charge in [0.1, 0.15) is 6.10 Å². The normalized spacial score (nSPS) is 20.4. The molecule has 2 fully saturated rings. The van der Waals surface area contributed by atoms with E-state index in [0.29, 0.717) is 31.0 Å². The summed E-state index contributed by atoms with van der Waals surface area (Å²) in [5.41, 5.74) is 0.558. The molecular formula is C17H23N3O3S. The Balaban J connectivity index is 1.43. The summed E-state index contributed by atoms with van der Waals surface area (Å²) in [5.74, 6) is 2.70. The number of thioether (sulfide) groups is 1. The Hall–Kier alpha value is -1.76. The van der Waals surface area contributed by atoms with Gasteiger partial charge in [-0.25, -0.2) is 4.98 Å². The molecule has 6 nitrogen and oxygen atoms in total. The van der Waals surface area contributed by atoms with Crippen molar-refractivity contribution in [1.82, 2.24) is 15.2 Å². The lowest BCUT2D eigenvalue weighted by molar-refractivity contribution is -0.127. The van der Waals surface area contributed by atoms with Crippen LogP contribution in [0.4, 0.5) is 0 Å². The van der Waals surface area contributed by atoms with Gasteiger partial charge in [0, 0.05) is 49.6 Å². The average Bonchev–Trinajstić information content (AvgIpc) is 3.24. The molecule has 0 radical (unpaired) electrons. The molecule has 1 N–H and O–H groups in total. The third-order valence-corrected chi connectivity index (χ3v) is 5.37. The van der Waals surface area contributed by atoms with Crippen molar-refractivity contribution in [3.05, 3.63) is 23.9 Å². The number of nitrogens with one attached hydrogen (secondary N) is 1. The fourth-order valence-corrected chi connectivity index (χ4v) is 4.00. The predicted octanol–water partition coefficient (Wildman–Crippen LogP) is 1.71. The van der Waals surface area contributed by atoms with E-state index in [9.17, 15) is 9.59 Å². The zero-order valence-corrected chi connectivity index (χ0v) is 14.5. The molecule has 2 saturated heterocycles. The molecule has 0 saturated carbocycles. The molecule has 1 aromatic heterocycles. The molecule has 130 valence electrons. The molecule has 2 amide bonds. The lowest BCUT2D eigenvalue weighted by Gasteiger charge is -2.15. The molecule has 7 heteroatoms. The quantitative estimate of drug-likeness (QED) is 0.759. The first-order chi connectivity index (χ1) is 11.7. The molecular weight excluding hydrogens is 326 g/mol. The lowest BCUT2D eigenvalue weighted by atomic mass is 10.2. The summed E-state index contributed by atoms with van der Waals surface area (Å²) in [5, 5.41) is 2.89. The van der Waals surface area contributed by atoms with Crippen molar-refractivity contribution in [2.24, 2.45) is 0 Å². The van der Waals surface area contributed by atoms with E-state index in [1.807, 2.05) is 16.7 Å². The standard InChI is InChI=1S/C17H23N3O3S/c21-16-3-1-8-20(16)9-2-6-19-17(22)13-4-7-18-15(11-13)23-14-5-10-24-12-14/h4,7,11,14H,1-3,5-6,8-10,12H2,(H,19,22). The summed E-state index contributed by atoms with van der Waals surface area (Å²) in [6, 6.07) is 3.39. The zero-order valence-electron chi connectivity index (χ0n) is 13.7. The van der Waals surface area contributed by atoms with Crippen LogP contribution < -0.4 is 10.1 Å². The minimum Gasteiger partial charge on any atom is -0.473 e. The van der Waals surface area contributed by atoms with Gasteiger partial charge in [-0.15, -0.1) is 0 Å². The number of ether oxygens (including phenoxy) is 1. The van der Waals surface area contributed by atoms with Crippen LogP contribution in [0.25, 0.3) is 0 Å². The first kappa shape index (κ1) is 17.1. The van der Waals surface area contributed by atoms with E-state index in [4.69, 9.17) is 4.74 Å². The Kier molecular flexibility index (Phi) is 5.96. The maximum atomic E-state index is 12.2. The summed E-state index contributed by atoms with van der Waals surface area (Å²) >= 11 is 1.88. The van der Waals surface area contributed by atoms with Gasteiger partial charge in [-0.2, -0.15) is 11.8 Å². The maximum absolute atomic E-state index is 12.2. The summed E-state index contributed by atoms with van der Waals surface area (Å²) in [4.78, 5) is 29.8. The van der Waals surface area contributed by atoms with Crippen LogP contribution in [0.1, 0.15) is 36.0 Å². The number of hydrogen-bond acceptors (Lipinski definition) is 5. The highest BCUT2D eigenvalue weighted by Gasteiger charge is 2.20. The molecule has 24 heavy (non-hydrogen) atoms. The number of likely N-dealkylation sites (tertiary alicyclic amines) is 1. The summed E-state index contributed by atoms with van der Waals surface area (Å²) < 4.78 is 5.81. The SMILES string of the molecule is O=C(NCCCN1CCCC1=O)c1ccnc(OC2CCSC2)c1. The molecule has 0 aliphatic carbocycles. The number of hydrogen-bond donors (Lipinski definition) is 1. The van der Waals surface area contributed by atoms with E-state index in [1.165, 1.54) is 0 Å². The smallest absolute Gasteiger partial charge is 0.251 e. The van der Waals surface area contributed by atoms with Crippen LogP contribution in [0.15, 0.2) is 18.3 Å². The molecule has 0 aromatic carbocycles. The second-order valence-corrected chi connectivity index (χ2v) is 7.23. The second-order valence-electron chi connectivity index (χ2n) is 6.08. The van der Waals surface area contributed by atoms with Gasteiger partial charge in [0.15, 0.2) is 0 Å². The Labute approximate surface area is 146 Å². The summed E-state index contributed by atoms with van der Waals surface area (Å²) in [6.07, 6.45) is 5.20. The molecule has 3 rings (SSSR count). The lowest BCUT2D eigenvalue weighted by Crippen LogP contribution is -2.30. The Morgan fingerprint density at radius 3 is 3.17 bits per heavy atom. The number of carbonyl (C=O) groups excluding carboxylic acids is 2. The van der Waals surface area contributed by atoms with Crippen LogP contribution in [0.5, 0.6) is 5.88 Å². The number of aromatic nitrogens is 1. The number of pyridine rings is 1. The highest BCUT2D eigenvalue weighted by molar-refractivity contribution is 7.99. The van der Waals surface area contributed by atoms with Crippen molar-refractivity contribution >= 4 is 23.6 Å². The van der Waals surface area contributed by atoms with E-state index >= 15 is 0 Å². The van der Waals surface area contributed by atoms with Crippen molar-refractivity contribution < 1.29 is 14.3 Å². The molecule has 2 aliphatic heterocycles. The average molecular weight is 349 g/mol. The van der Waals surface area contributed by atoms with Gasteiger partial charge in [-0.05, 0) is 31.1 Å². The molecule has 0 spiro atoms. The first-order valence-corrected chi connectivity index (χ1v) is 9.64. The minimum absolute atomic E-state index is 0.129. The third kappa shape index (κ3) is 4.63. The van der Waals surface area contributed by atoms with Gasteiger partial charge in [0.25, 0.3) is 5.91 Å². The van der Waals surface area contributed by atoms with Gasteiger partial charge < -0.3 is 15.0 Å². The number of rotatable bonds is 7. The molecule has 2 aliphatic rings. The van der Waals surface area contributed by atoms with E-state index in [-0.39, 0.29) is 17.9 Å². The third-order valence-electron chi connectivity index (χ3n) is 4.23. The Morgan fingerprint density at radius 2 is 2.42 bits per heavy atom. The molecule has 0 bridgehead atoms. The molecule has 1 aromatic rings. The van der Waals surface area contributed by atoms with Crippen molar-refractivity contribution in [3.8, 4) is 5.88 Å². The van der Waals surface area contributed by atoms with Crippen molar-refractivity contribution in [2.45, 2.75) is 31.8 Å². The monoisotopic (exact) mass is 349 g/mol. The van der Waals surface area contributed by atoms with Gasteiger partial charge >= 0.3 is 0 Å². The number of amides is 2. The first-order valence-electron chi connectivity index (χ1n) is 8.49. The van der Waals surface area contributed by atoms with Crippen molar-refractivity contribution in [2.75, 3.05) is 31.1 Å². The predicted molar refractivity (Wildman–Crippen MR) is 93.4 cm³/mol. The van der Waals surface area contributed by atoms with Crippen LogP contribution in [0.2, 0.25) is 0 Å². The van der Waals surface area contributed by atoms with Crippen LogP contribution in [-0.2, 0) is 4.79 Å². The van der Waals surface area contributed by atoms with Crippen LogP contribution in [0.3, 0.4) is 0 Å². The minimum atomic E-state index is -0.129. The summed E-state index contributed by atoms with van der Waals surface area (Å²) in [7, 11) is 0. The fourth-order valence-electron chi connectivity index (χ4n) is 2.91.